The molecule has 120 valence electrons. The van der Waals surface area contributed by atoms with Gasteiger partial charge in [-0.15, -0.1) is 24.0 Å². The van der Waals surface area contributed by atoms with E-state index in [0.717, 1.165) is 30.2 Å². The Morgan fingerprint density at radius 2 is 1.86 bits per heavy atom. The number of hydrogen-bond acceptors (Lipinski definition) is 3. The number of furan rings is 1. The smallest absolute Gasteiger partial charge is 0.191 e. The molecule has 0 aliphatic carbocycles. The first-order valence-corrected chi connectivity index (χ1v) is 6.97. The third-order valence-corrected chi connectivity index (χ3v) is 3.15. The van der Waals surface area contributed by atoms with E-state index in [2.05, 4.69) is 15.6 Å². The van der Waals surface area contributed by atoms with Crippen LogP contribution in [0.1, 0.15) is 16.9 Å². The summed E-state index contributed by atoms with van der Waals surface area (Å²) in [6, 6.07) is 11.7. The Kier molecular flexibility index (Phi) is 8.61. The van der Waals surface area contributed by atoms with Crippen molar-refractivity contribution in [1.82, 2.24) is 10.6 Å². The zero-order valence-electron chi connectivity index (χ0n) is 12.6. The third kappa shape index (κ3) is 6.07. The number of guanidine groups is 1. The average Bonchev–Trinajstić information content (AvgIpc) is 3.04. The maximum atomic E-state index is 9.00. The van der Waals surface area contributed by atoms with E-state index in [4.69, 9.17) is 9.52 Å². The Labute approximate surface area is 147 Å². The summed E-state index contributed by atoms with van der Waals surface area (Å²) in [7, 11) is 1.74. The van der Waals surface area contributed by atoms with Crippen LogP contribution >= 0.6 is 24.0 Å². The van der Waals surface area contributed by atoms with E-state index in [-0.39, 0.29) is 30.6 Å². The first kappa shape index (κ1) is 18.5. The second-order valence-electron chi connectivity index (χ2n) is 4.66. The molecule has 0 spiro atoms. The summed E-state index contributed by atoms with van der Waals surface area (Å²) in [5.74, 6) is 1.62. The minimum Gasteiger partial charge on any atom is -0.467 e. The Balaban J connectivity index is 0.00000242. The first-order chi connectivity index (χ1) is 10.3. The monoisotopic (exact) mass is 415 g/mol. The lowest BCUT2D eigenvalue weighted by molar-refractivity contribution is 0.282. The van der Waals surface area contributed by atoms with E-state index in [1.807, 2.05) is 36.4 Å². The molecule has 1 aromatic heterocycles. The summed E-state index contributed by atoms with van der Waals surface area (Å²) in [6.45, 7) is 1.48. The van der Waals surface area contributed by atoms with Gasteiger partial charge in [-0.3, -0.25) is 4.99 Å². The molecule has 0 saturated carbocycles. The number of aliphatic hydroxyl groups is 1. The van der Waals surface area contributed by atoms with Gasteiger partial charge in [-0.05, 0) is 29.7 Å². The highest BCUT2D eigenvalue weighted by Crippen LogP contribution is 2.04. The molecule has 0 aliphatic rings. The molecule has 1 heterocycles. The van der Waals surface area contributed by atoms with Crippen molar-refractivity contribution < 1.29 is 9.52 Å². The number of benzene rings is 1. The molecule has 2 rings (SSSR count). The Morgan fingerprint density at radius 1 is 1.14 bits per heavy atom. The average molecular weight is 415 g/mol. The Morgan fingerprint density at radius 3 is 2.45 bits per heavy atom. The van der Waals surface area contributed by atoms with Crippen molar-refractivity contribution in [2.75, 3.05) is 13.6 Å². The molecule has 3 N–H and O–H groups in total. The molecule has 0 bridgehead atoms. The van der Waals surface area contributed by atoms with Crippen molar-refractivity contribution in [3.63, 3.8) is 0 Å². The van der Waals surface area contributed by atoms with Crippen molar-refractivity contribution in [3.8, 4) is 0 Å². The summed E-state index contributed by atoms with van der Waals surface area (Å²) in [6.07, 6.45) is 2.55. The van der Waals surface area contributed by atoms with Gasteiger partial charge in [0.2, 0.25) is 0 Å². The third-order valence-electron chi connectivity index (χ3n) is 3.15. The minimum absolute atomic E-state index is 0. The normalized spacial score (nSPS) is 10.9. The van der Waals surface area contributed by atoms with Gasteiger partial charge in [0.05, 0.1) is 19.4 Å². The quantitative estimate of drug-likeness (QED) is 0.385. The highest BCUT2D eigenvalue weighted by Gasteiger charge is 2.00. The van der Waals surface area contributed by atoms with Crippen LogP contribution in [0.2, 0.25) is 0 Å². The van der Waals surface area contributed by atoms with Crippen molar-refractivity contribution >= 4 is 29.9 Å². The fraction of sp³-hybridized carbons (Fsp3) is 0.312. The summed E-state index contributed by atoms with van der Waals surface area (Å²) < 4.78 is 5.26. The Hall–Kier alpha value is -1.54. The molecule has 22 heavy (non-hydrogen) atoms. The molecule has 0 unspecified atom stereocenters. The highest BCUT2D eigenvalue weighted by atomic mass is 127. The molecule has 0 atom stereocenters. The van der Waals surface area contributed by atoms with Crippen molar-refractivity contribution in [1.29, 1.82) is 0 Å². The summed E-state index contributed by atoms with van der Waals surface area (Å²) in [4.78, 5) is 4.17. The van der Waals surface area contributed by atoms with Crippen molar-refractivity contribution in [3.05, 3.63) is 59.5 Å². The van der Waals surface area contributed by atoms with Crippen LogP contribution in [0.5, 0.6) is 0 Å². The fourth-order valence-corrected chi connectivity index (χ4v) is 1.94. The molecular weight excluding hydrogens is 393 g/mol. The number of halogens is 1. The summed E-state index contributed by atoms with van der Waals surface area (Å²) >= 11 is 0. The van der Waals surface area contributed by atoms with E-state index in [0.29, 0.717) is 6.54 Å². The van der Waals surface area contributed by atoms with Crippen LogP contribution in [0.3, 0.4) is 0 Å². The largest absolute Gasteiger partial charge is 0.467 e. The molecule has 0 aliphatic heterocycles. The van der Waals surface area contributed by atoms with Gasteiger partial charge in [0.1, 0.15) is 5.76 Å². The van der Waals surface area contributed by atoms with Gasteiger partial charge < -0.3 is 20.2 Å². The number of aliphatic hydroxyl groups excluding tert-OH is 1. The minimum atomic E-state index is 0. The van der Waals surface area contributed by atoms with E-state index in [9.17, 15) is 0 Å². The topological polar surface area (TPSA) is 69.8 Å². The molecule has 0 amide bonds. The fourth-order valence-electron chi connectivity index (χ4n) is 1.94. The molecule has 6 heteroatoms. The SMILES string of the molecule is CN=C(NCCc1ccc(CO)cc1)NCc1ccco1.I. The predicted octanol–water partition coefficient (Wildman–Crippen LogP) is 2.30. The second-order valence-corrected chi connectivity index (χ2v) is 4.66. The molecule has 0 fully saturated rings. The number of aliphatic imine (C=N–C) groups is 1. The predicted molar refractivity (Wildman–Crippen MR) is 98.4 cm³/mol. The van der Waals surface area contributed by atoms with E-state index in [1.54, 1.807) is 13.3 Å². The van der Waals surface area contributed by atoms with E-state index < -0.39 is 0 Å². The lowest BCUT2D eigenvalue weighted by atomic mass is 10.1. The van der Waals surface area contributed by atoms with Gasteiger partial charge >= 0.3 is 0 Å². The van der Waals surface area contributed by atoms with Crippen LogP contribution in [0.15, 0.2) is 52.1 Å². The molecule has 5 nitrogen and oxygen atoms in total. The highest BCUT2D eigenvalue weighted by molar-refractivity contribution is 14.0. The summed E-state index contributed by atoms with van der Waals surface area (Å²) in [5.41, 5.74) is 2.16. The van der Waals surface area contributed by atoms with E-state index in [1.165, 1.54) is 5.56 Å². The van der Waals surface area contributed by atoms with Gasteiger partial charge in [0, 0.05) is 13.6 Å². The van der Waals surface area contributed by atoms with E-state index >= 15 is 0 Å². The van der Waals surface area contributed by atoms with Crippen molar-refractivity contribution in [2.45, 2.75) is 19.6 Å². The number of rotatable bonds is 6. The number of hydrogen-bond donors (Lipinski definition) is 3. The van der Waals surface area contributed by atoms with Crippen molar-refractivity contribution in [2.24, 2.45) is 4.99 Å². The molecule has 0 saturated heterocycles. The van der Waals surface area contributed by atoms with Crippen LogP contribution < -0.4 is 10.6 Å². The molecular formula is C16H22IN3O2. The summed E-state index contributed by atoms with van der Waals surface area (Å²) in [5, 5.41) is 15.4. The van der Waals surface area contributed by atoms with Crippen LogP contribution in [0.25, 0.3) is 0 Å². The maximum Gasteiger partial charge on any atom is 0.191 e. The Bertz CT molecular complexity index is 553. The van der Waals surface area contributed by atoms with Gasteiger partial charge in [-0.2, -0.15) is 0 Å². The number of nitrogens with zero attached hydrogens (tertiary/aromatic N) is 1. The van der Waals surface area contributed by atoms with Crippen LogP contribution in [0, 0.1) is 0 Å². The van der Waals surface area contributed by atoms with Gasteiger partial charge in [0.15, 0.2) is 5.96 Å². The lowest BCUT2D eigenvalue weighted by Crippen LogP contribution is -2.37. The molecule has 1 aromatic carbocycles. The standard InChI is InChI=1S/C16H21N3O2.HI/c1-17-16(19-11-15-3-2-10-21-15)18-9-8-13-4-6-14(12-20)7-5-13;/h2-7,10,20H,8-9,11-12H2,1H3,(H2,17,18,19);1H. The zero-order chi connectivity index (χ0) is 14.9. The van der Waals surface area contributed by atoms with Crippen LogP contribution in [-0.4, -0.2) is 24.7 Å². The zero-order valence-corrected chi connectivity index (χ0v) is 14.9. The van der Waals surface area contributed by atoms with Crippen LogP contribution in [0.4, 0.5) is 0 Å². The maximum absolute atomic E-state index is 9.00. The van der Waals surface area contributed by atoms with Gasteiger partial charge in [0.25, 0.3) is 0 Å². The lowest BCUT2D eigenvalue weighted by Gasteiger charge is -2.11. The first-order valence-electron chi connectivity index (χ1n) is 6.97. The second kappa shape index (κ2) is 10.2. The molecule has 0 radical (unpaired) electrons. The number of nitrogens with one attached hydrogen (secondary N) is 2. The molecule has 2 aromatic rings. The van der Waals surface area contributed by atoms with Gasteiger partial charge in [-0.25, -0.2) is 0 Å². The van der Waals surface area contributed by atoms with Crippen LogP contribution in [-0.2, 0) is 19.6 Å². The van der Waals surface area contributed by atoms with Gasteiger partial charge in [-0.1, -0.05) is 24.3 Å².